The van der Waals surface area contributed by atoms with Gasteiger partial charge in [0.05, 0.1) is 30.5 Å². The molecule has 265 valence electrons. The SMILES string of the molecule is Cc1ccc2c(n1)oc1c(-c3nc4ccccc4n3C(C)C)[c-]ccc12.[2H]C([2H])(c1cc(-c2[c-]cccc2)ncc1[Si](C)(C)C)C(C)c1ccccc1.[Ir]. The van der Waals surface area contributed by atoms with Crippen molar-refractivity contribution in [1.82, 2.24) is 19.5 Å². The van der Waals surface area contributed by atoms with E-state index in [-0.39, 0.29) is 32.1 Å². The predicted octanol–water partition coefficient (Wildman–Crippen LogP) is 11.1. The number of hydrogen-bond acceptors (Lipinski definition) is 4. The van der Waals surface area contributed by atoms with Crippen LogP contribution in [-0.4, -0.2) is 27.6 Å². The number of hydrogen-bond donors (Lipinski definition) is 0. The summed E-state index contributed by atoms with van der Waals surface area (Å²) < 4.78 is 26.5. The molecule has 0 amide bonds. The van der Waals surface area contributed by atoms with Crippen molar-refractivity contribution in [2.45, 2.75) is 65.7 Å². The predicted molar refractivity (Wildman–Crippen MR) is 214 cm³/mol. The number of para-hydroxylation sites is 2. The van der Waals surface area contributed by atoms with E-state index in [0.29, 0.717) is 5.71 Å². The van der Waals surface area contributed by atoms with Gasteiger partial charge in [0.2, 0.25) is 5.71 Å². The number of fused-ring (bicyclic) bond motifs is 4. The first-order chi connectivity index (χ1) is 25.3. The molecule has 4 aromatic heterocycles. The van der Waals surface area contributed by atoms with Crippen LogP contribution in [0.2, 0.25) is 19.6 Å². The maximum atomic E-state index is 9.04. The minimum absolute atomic E-state index is 0. The molecule has 4 aromatic carbocycles. The fourth-order valence-electron chi connectivity index (χ4n) is 6.56. The van der Waals surface area contributed by atoms with Gasteiger partial charge in [-0.25, -0.2) is 4.98 Å². The van der Waals surface area contributed by atoms with Gasteiger partial charge in [-0.15, -0.1) is 54.1 Å². The second kappa shape index (κ2) is 15.5. The quantitative estimate of drug-likeness (QED) is 0.118. The summed E-state index contributed by atoms with van der Waals surface area (Å²) in [6.07, 6.45) is 0.400. The molecular formula is C45H44IrN4OSi-2. The molecule has 1 atom stereocenters. The van der Waals surface area contributed by atoms with Crippen molar-refractivity contribution in [2.75, 3.05) is 0 Å². The molecule has 0 fully saturated rings. The van der Waals surface area contributed by atoms with E-state index >= 15 is 0 Å². The Morgan fingerprint density at radius 1 is 0.827 bits per heavy atom. The second-order valence-corrected chi connectivity index (χ2v) is 19.3. The first-order valence-electron chi connectivity index (χ1n) is 18.6. The number of pyridine rings is 2. The zero-order valence-corrected chi connectivity index (χ0v) is 34.0. The van der Waals surface area contributed by atoms with Crippen LogP contribution < -0.4 is 5.19 Å². The Labute approximate surface area is 324 Å². The van der Waals surface area contributed by atoms with Crippen LogP contribution >= 0.6 is 0 Å². The normalized spacial score (nSPS) is 13.0. The number of benzene rings is 4. The van der Waals surface area contributed by atoms with Crippen LogP contribution in [0.25, 0.3) is 55.7 Å². The average molecular weight is 879 g/mol. The van der Waals surface area contributed by atoms with Crippen LogP contribution in [0.4, 0.5) is 0 Å². The van der Waals surface area contributed by atoms with Gasteiger partial charge in [0.15, 0.2) is 0 Å². The second-order valence-electron chi connectivity index (χ2n) is 14.3. The number of furan rings is 1. The van der Waals surface area contributed by atoms with E-state index < -0.39 is 14.4 Å². The van der Waals surface area contributed by atoms with Gasteiger partial charge in [-0.1, -0.05) is 91.6 Å². The molecule has 0 saturated heterocycles. The first kappa shape index (κ1) is 34.4. The molecule has 1 radical (unpaired) electrons. The summed E-state index contributed by atoms with van der Waals surface area (Å²) in [5.74, 6) is 0.617. The van der Waals surface area contributed by atoms with Gasteiger partial charge in [0.25, 0.3) is 0 Å². The number of aryl methyl sites for hydroxylation is 1. The van der Waals surface area contributed by atoms with E-state index in [1.54, 1.807) is 0 Å². The summed E-state index contributed by atoms with van der Waals surface area (Å²) in [4.78, 5) is 14.1. The van der Waals surface area contributed by atoms with Crippen molar-refractivity contribution < 1.29 is 27.3 Å². The van der Waals surface area contributed by atoms with Crippen LogP contribution in [0.15, 0.2) is 120 Å². The maximum absolute atomic E-state index is 9.04. The van der Waals surface area contributed by atoms with E-state index in [2.05, 4.69) is 72.3 Å². The average Bonchev–Trinajstić information content (AvgIpc) is 3.73. The van der Waals surface area contributed by atoms with Gasteiger partial charge in [0.1, 0.15) is 0 Å². The molecule has 5 nitrogen and oxygen atoms in total. The van der Waals surface area contributed by atoms with Crippen LogP contribution in [0.3, 0.4) is 0 Å². The van der Waals surface area contributed by atoms with E-state index in [1.165, 1.54) is 0 Å². The van der Waals surface area contributed by atoms with Gasteiger partial charge in [0, 0.05) is 46.2 Å². The summed E-state index contributed by atoms with van der Waals surface area (Å²) in [6.45, 7) is 15.0. The third kappa shape index (κ3) is 7.59. The molecule has 4 heterocycles. The summed E-state index contributed by atoms with van der Waals surface area (Å²) >= 11 is 0. The van der Waals surface area contributed by atoms with Gasteiger partial charge in [-0.05, 0) is 73.8 Å². The summed E-state index contributed by atoms with van der Waals surface area (Å²) in [7, 11) is -1.77. The topological polar surface area (TPSA) is 56.7 Å². The molecule has 1 unspecified atom stereocenters. The molecule has 0 saturated carbocycles. The summed E-state index contributed by atoms with van der Waals surface area (Å²) in [5, 5.41) is 3.15. The molecule has 0 bridgehead atoms. The van der Waals surface area contributed by atoms with Crippen LogP contribution in [-0.2, 0) is 26.5 Å². The minimum Gasteiger partial charge on any atom is -0.486 e. The van der Waals surface area contributed by atoms with Crippen molar-refractivity contribution in [3.63, 3.8) is 0 Å². The monoisotopic (exact) mass is 879 g/mol. The Bertz CT molecular complexity index is 2540. The van der Waals surface area contributed by atoms with E-state index in [0.717, 1.165) is 72.0 Å². The molecule has 0 aliphatic rings. The summed E-state index contributed by atoms with van der Waals surface area (Å²) in [6, 6.07) is 42.7. The molecular weight excluding hydrogens is 833 g/mol. The molecule has 0 aliphatic carbocycles. The van der Waals surface area contributed by atoms with Crippen LogP contribution in [0.1, 0.15) is 52.3 Å². The van der Waals surface area contributed by atoms with Gasteiger partial charge < -0.3 is 14.0 Å². The third-order valence-corrected chi connectivity index (χ3v) is 11.2. The van der Waals surface area contributed by atoms with Gasteiger partial charge >= 0.3 is 0 Å². The molecule has 8 rings (SSSR count). The van der Waals surface area contributed by atoms with E-state index in [4.69, 9.17) is 12.1 Å². The van der Waals surface area contributed by atoms with E-state index in [1.807, 2.05) is 117 Å². The molecule has 7 heteroatoms. The fraction of sp³-hybridized carbons (Fsp3) is 0.222. The molecule has 52 heavy (non-hydrogen) atoms. The largest absolute Gasteiger partial charge is 0.486 e. The Kier molecular flexibility index (Phi) is 10.3. The number of imidazole rings is 1. The molecule has 8 aromatic rings. The van der Waals surface area contributed by atoms with Gasteiger partial charge in [-0.3, -0.25) is 4.98 Å². The Morgan fingerprint density at radius 2 is 1.58 bits per heavy atom. The van der Waals surface area contributed by atoms with Gasteiger partial charge in [-0.2, -0.15) is 0 Å². The van der Waals surface area contributed by atoms with E-state index in [9.17, 15) is 0 Å². The first-order valence-corrected chi connectivity index (χ1v) is 21.1. The number of nitrogens with zero attached hydrogens (tertiary/aromatic N) is 4. The number of aromatic nitrogens is 4. The fourth-order valence-corrected chi connectivity index (χ4v) is 7.96. The molecule has 0 spiro atoms. The smallest absolute Gasteiger partial charge is 0.216 e. The van der Waals surface area contributed by atoms with Crippen molar-refractivity contribution >= 4 is 46.4 Å². The zero-order valence-electron chi connectivity index (χ0n) is 32.7. The van der Waals surface area contributed by atoms with Crippen LogP contribution in [0.5, 0.6) is 0 Å². The summed E-state index contributed by atoms with van der Waals surface area (Å²) in [5.41, 5.74) is 8.81. The molecule has 0 aliphatic heterocycles. The number of rotatable bonds is 7. The molecule has 0 N–H and O–H groups in total. The van der Waals surface area contributed by atoms with Crippen molar-refractivity contribution in [3.8, 4) is 22.6 Å². The zero-order chi connectivity index (χ0) is 37.5. The van der Waals surface area contributed by atoms with Crippen molar-refractivity contribution in [2.24, 2.45) is 0 Å². The minimum atomic E-state index is -1.77. The van der Waals surface area contributed by atoms with Crippen molar-refractivity contribution in [1.29, 1.82) is 0 Å². The maximum Gasteiger partial charge on any atom is 0.216 e. The Hall–Kier alpha value is -4.68. The Morgan fingerprint density at radius 3 is 2.31 bits per heavy atom. The van der Waals surface area contributed by atoms with Crippen LogP contribution in [0, 0.1) is 19.1 Å². The standard InChI is InChI=1S/C23H26NSi.C22H18N3O.Ir/c1-18(19-11-7-5-8-12-19)15-21-16-22(20-13-9-6-10-14-20)24-17-23(21)25(2,3)4;1-13(2)25-19-10-5-4-9-18(19)24-21(25)17-8-6-7-15-16-12-11-14(3)23-22(16)26-20(15)17;/h5-13,16-18H,15H2,1-4H3;4-7,9-13H,1-3H3;/q2*-1;/i15D2;;. The van der Waals surface area contributed by atoms with Crippen molar-refractivity contribution in [3.05, 3.63) is 144 Å². The third-order valence-electron chi connectivity index (χ3n) is 9.14. The Balaban J connectivity index is 0.000000181.